The molecule has 0 radical (unpaired) electrons. The highest BCUT2D eigenvalue weighted by Crippen LogP contribution is 1.51. The third kappa shape index (κ3) is 0.496. The summed E-state index contributed by atoms with van der Waals surface area (Å²) in [5.74, 6) is 0. The minimum absolute atomic E-state index is 0.819. The molecule has 0 aliphatic carbocycles. The van der Waals surface area contributed by atoms with E-state index in [1.807, 2.05) is 6.19 Å². The summed E-state index contributed by atoms with van der Waals surface area (Å²) < 4.78 is 0. The Morgan fingerprint density at radius 2 is 1.86 bits per heavy atom. The normalized spacial score (nSPS) is 7.86. The predicted octanol–water partition coefficient (Wildman–Crippen LogP) is -3.35. The molecule has 0 bridgehead atoms. The minimum Gasteiger partial charge on any atom is -0.213 e. The first-order chi connectivity index (χ1) is 3.43. The average molecular weight is 97.1 g/mol. The SMILES string of the molecule is [NH+]#Cn1nnnn1. The molecule has 0 saturated heterocycles. The molecule has 0 atom stereocenters. The summed E-state index contributed by atoms with van der Waals surface area (Å²) in [6.07, 6.45) is 1.83. The van der Waals surface area contributed by atoms with Gasteiger partial charge in [-0.3, -0.25) is 0 Å². The summed E-state index contributed by atoms with van der Waals surface area (Å²) in [6.45, 7) is 0. The van der Waals surface area contributed by atoms with E-state index in [-0.39, 0.29) is 0 Å². The quantitative estimate of drug-likeness (QED) is 0.366. The summed E-state index contributed by atoms with van der Waals surface area (Å²) in [6, 6.07) is 0. The lowest BCUT2D eigenvalue weighted by atomic mass is 11.4. The zero-order chi connectivity index (χ0) is 5.11. The fourth-order valence-electron chi connectivity index (χ4n) is 0.174. The lowest BCUT2D eigenvalue weighted by Gasteiger charge is -1.51. The maximum atomic E-state index is 6.37. The monoisotopic (exact) mass is 97.0 g/mol. The molecule has 7 heavy (non-hydrogen) atoms. The molecule has 0 unspecified atom stereocenters. The third-order valence-corrected chi connectivity index (χ3v) is 0.389. The molecule has 1 heterocycles. The third-order valence-electron chi connectivity index (χ3n) is 0.389. The van der Waals surface area contributed by atoms with Crippen LogP contribution in [0, 0.1) is 6.19 Å². The second-order valence-electron chi connectivity index (χ2n) is 0.759. The zero-order valence-electron chi connectivity index (χ0n) is 3.24. The van der Waals surface area contributed by atoms with Crippen molar-refractivity contribution in [2.45, 2.75) is 0 Å². The molecule has 1 rings (SSSR count). The van der Waals surface area contributed by atoms with Crippen molar-refractivity contribution in [1.29, 1.82) is 0 Å². The van der Waals surface area contributed by atoms with Gasteiger partial charge in [0, 0.05) is 10.4 Å². The summed E-state index contributed by atoms with van der Waals surface area (Å²) in [7, 11) is 0. The highest BCUT2D eigenvalue weighted by atomic mass is 15.7. The second kappa shape index (κ2) is 1.30. The first kappa shape index (κ1) is 3.67. The highest BCUT2D eigenvalue weighted by Gasteiger charge is 1.93. The van der Waals surface area contributed by atoms with Gasteiger partial charge in [0.15, 0.2) is 0 Å². The van der Waals surface area contributed by atoms with Crippen molar-refractivity contribution in [3.8, 4) is 6.19 Å². The zero-order valence-corrected chi connectivity index (χ0v) is 3.24. The number of nitrogens with one attached hydrogen (secondary N) is 1. The Hall–Kier alpha value is -1.51. The first-order valence-corrected chi connectivity index (χ1v) is 1.47. The largest absolute Gasteiger partial charge is 0.429 e. The van der Waals surface area contributed by atoms with Crippen LogP contribution in [0.15, 0.2) is 0 Å². The summed E-state index contributed by atoms with van der Waals surface area (Å²) in [4.78, 5) is 0.819. The topological polar surface area (TPSA) is 80.3 Å². The second-order valence-corrected chi connectivity index (χ2v) is 0.759. The van der Waals surface area contributed by atoms with Crippen LogP contribution in [0.2, 0.25) is 0 Å². The average Bonchev–Trinajstić information content (AvgIpc) is 2.14. The van der Waals surface area contributed by atoms with Gasteiger partial charge < -0.3 is 0 Å². The van der Waals surface area contributed by atoms with Crippen LogP contribution in [0.25, 0.3) is 0 Å². The van der Waals surface area contributed by atoms with Crippen LogP contribution in [0.3, 0.4) is 0 Å². The number of hydrogen-bond donors (Lipinski definition) is 1. The Kier molecular flexibility index (Phi) is 0.681. The predicted molar refractivity (Wildman–Crippen MR) is 15.9 cm³/mol. The van der Waals surface area contributed by atoms with E-state index in [0.717, 1.165) is 4.80 Å². The lowest BCUT2D eigenvalue weighted by molar-refractivity contribution is -0.0984. The summed E-state index contributed by atoms with van der Waals surface area (Å²) >= 11 is 0. The molecule has 1 N–H and O–H groups in total. The van der Waals surface area contributed by atoms with Crippen LogP contribution in [0.1, 0.15) is 0 Å². The number of rotatable bonds is 0. The smallest absolute Gasteiger partial charge is 0.213 e. The van der Waals surface area contributed by atoms with Gasteiger partial charge in [-0.15, -0.1) is 0 Å². The first-order valence-electron chi connectivity index (χ1n) is 1.47. The molecule has 0 amide bonds. The van der Waals surface area contributed by atoms with Crippen molar-refractivity contribution >= 4 is 0 Å². The van der Waals surface area contributed by atoms with E-state index in [2.05, 4.69) is 20.9 Å². The van der Waals surface area contributed by atoms with Crippen LogP contribution < -0.4 is 5.26 Å². The molecule has 0 spiro atoms. The van der Waals surface area contributed by atoms with E-state index in [4.69, 9.17) is 5.26 Å². The van der Waals surface area contributed by atoms with Gasteiger partial charge in [-0.05, 0) is 0 Å². The van der Waals surface area contributed by atoms with Crippen LogP contribution in [0.4, 0.5) is 0 Å². The van der Waals surface area contributed by atoms with Crippen molar-refractivity contribution in [1.82, 2.24) is 25.7 Å². The number of hydrogen-bond acceptors (Lipinski definition) is 4. The van der Waals surface area contributed by atoms with Crippen LogP contribution in [-0.2, 0) is 0 Å². The number of nitrogens with zero attached hydrogens (tertiary/aromatic N) is 5. The minimum atomic E-state index is 0.819. The van der Waals surface area contributed by atoms with Gasteiger partial charge in [-0.2, -0.15) is 0 Å². The molecular formula is CHN6+. The van der Waals surface area contributed by atoms with E-state index < -0.39 is 0 Å². The van der Waals surface area contributed by atoms with E-state index in [9.17, 15) is 0 Å². The van der Waals surface area contributed by atoms with Crippen molar-refractivity contribution < 1.29 is 5.26 Å². The van der Waals surface area contributed by atoms with E-state index in [0.29, 0.717) is 0 Å². The highest BCUT2D eigenvalue weighted by molar-refractivity contribution is 4.56. The fourth-order valence-corrected chi connectivity index (χ4v) is 0.174. The maximum Gasteiger partial charge on any atom is 0.429 e. The van der Waals surface area contributed by atoms with Crippen molar-refractivity contribution in [2.24, 2.45) is 0 Å². The summed E-state index contributed by atoms with van der Waals surface area (Å²) in [5.41, 5.74) is 0. The Bertz CT molecular complexity index is 167. The van der Waals surface area contributed by atoms with E-state index in [1.54, 1.807) is 0 Å². The van der Waals surface area contributed by atoms with Crippen LogP contribution in [-0.4, -0.2) is 25.7 Å². The Morgan fingerprint density at radius 1 is 1.29 bits per heavy atom. The molecule has 6 nitrogen and oxygen atoms in total. The lowest BCUT2D eigenvalue weighted by Crippen LogP contribution is -2.21. The molecule has 0 aromatic carbocycles. The van der Waals surface area contributed by atoms with Crippen LogP contribution in [0.5, 0.6) is 0 Å². The molecule has 1 aromatic rings. The van der Waals surface area contributed by atoms with Gasteiger partial charge in [-0.25, -0.2) is 5.26 Å². The van der Waals surface area contributed by atoms with Gasteiger partial charge in [0.2, 0.25) is 0 Å². The molecule has 6 heteroatoms. The van der Waals surface area contributed by atoms with Gasteiger partial charge >= 0.3 is 6.19 Å². The van der Waals surface area contributed by atoms with E-state index >= 15 is 0 Å². The molecule has 34 valence electrons. The van der Waals surface area contributed by atoms with Crippen molar-refractivity contribution in [3.63, 3.8) is 0 Å². The van der Waals surface area contributed by atoms with Gasteiger partial charge in [0.1, 0.15) is 0 Å². The molecule has 0 saturated carbocycles. The van der Waals surface area contributed by atoms with Crippen molar-refractivity contribution in [2.75, 3.05) is 0 Å². The van der Waals surface area contributed by atoms with Gasteiger partial charge in [-0.1, -0.05) is 0 Å². The molecule has 1 aromatic heterocycles. The Morgan fingerprint density at radius 3 is 2.14 bits per heavy atom. The molecule has 0 fully saturated rings. The van der Waals surface area contributed by atoms with E-state index in [1.165, 1.54) is 0 Å². The fraction of sp³-hybridized carbons (Fsp3) is 0. The van der Waals surface area contributed by atoms with Crippen molar-refractivity contribution in [3.05, 3.63) is 0 Å². The number of aromatic nitrogens is 5. The maximum absolute atomic E-state index is 6.37. The Labute approximate surface area is 38.3 Å². The molecular weight excluding hydrogens is 96.1 g/mol. The summed E-state index contributed by atoms with van der Waals surface area (Å²) in [5, 5.41) is 18.9. The molecule has 0 aliphatic heterocycles. The Balaban J connectivity index is 3.04. The molecule has 0 aliphatic rings. The van der Waals surface area contributed by atoms with Crippen LogP contribution >= 0.6 is 0 Å². The standard InChI is InChI=1S/CN6/c2-1-7-5-3-4-6-7/p+1. The van der Waals surface area contributed by atoms with Gasteiger partial charge in [0.05, 0.1) is 15.2 Å². The van der Waals surface area contributed by atoms with Gasteiger partial charge in [0.25, 0.3) is 0 Å².